The topological polar surface area (TPSA) is 41.4 Å². The number of aromatic nitrogens is 2. The number of carbonyl (C=O) groups is 1. The first-order valence-corrected chi connectivity index (χ1v) is 9.33. The maximum Gasteiger partial charge on any atom is 0.436 e. The highest BCUT2D eigenvalue weighted by molar-refractivity contribution is 9.10. The number of benzene rings is 1. The first kappa shape index (κ1) is 19.9. The number of halogens is 4. The van der Waals surface area contributed by atoms with Crippen LogP contribution >= 0.6 is 15.9 Å². The number of amides is 1. The molecule has 0 radical (unpaired) electrons. The van der Waals surface area contributed by atoms with Crippen molar-refractivity contribution in [1.82, 2.24) is 19.6 Å². The summed E-state index contributed by atoms with van der Waals surface area (Å²) in [6, 6.07) is 8.25. The van der Waals surface area contributed by atoms with Gasteiger partial charge in [0, 0.05) is 39.8 Å². The van der Waals surface area contributed by atoms with Gasteiger partial charge in [-0.3, -0.25) is 14.4 Å². The SMILES string of the molecule is Cc1cccc(CN2CCN(C(=O)c3c(Br)c(C(F)(F)F)nn3C)CC2)c1. The molecule has 3 rings (SSSR count). The van der Waals surface area contributed by atoms with Gasteiger partial charge in [-0.25, -0.2) is 0 Å². The fourth-order valence-electron chi connectivity index (χ4n) is 3.24. The van der Waals surface area contributed by atoms with Crippen molar-refractivity contribution in [3.05, 3.63) is 51.3 Å². The monoisotopic (exact) mass is 444 g/mol. The summed E-state index contributed by atoms with van der Waals surface area (Å²) in [6.07, 6.45) is -4.61. The zero-order chi connectivity index (χ0) is 19.8. The predicted molar refractivity (Wildman–Crippen MR) is 98.3 cm³/mol. The molecule has 1 aliphatic heterocycles. The molecular formula is C18H20BrF3N4O. The van der Waals surface area contributed by atoms with Gasteiger partial charge >= 0.3 is 6.18 Å². The molecule has 0 saturated carbocycles. The minimum Gasteiger partial charge on any atom is -0.335 e. The quantitative estimate of drug-likeness (QED) is 0.727. The van der Waals surface area contributed by atoms with E-state index in [4.69, 9.17) is 0 Å². The van der Waals surface area contributed by atoms with E-state index in [1.165, 1.54) is 18.2 Å². The van der Waals surface area contributed by atoms with Gasteiger partial charge in [0.2, 0.25) is 0 Å². The first-order valence-electron chi connectivity index (χ1n) is 8.53. The summed E-state index contributed by atoms with van der Waals surface area (Å²) in [6.45, 7) is 5.09. The van der Waals surface area contributed by atoms with Gasteiger partial charge in [-0.15, -0.1) is 0 Å². The molecule has 27 heavy (non-hydrogen) atoms. The van der Waals surface area contributed by atoms with E-state index in [1.807, 2.05) is 19.1 Å². The molecule has 1 aromatic carbocycles. The van der Waals surface area contributed by atoms with Crippen molar-refractivity contribution in [2.24, 2.45) is 7.05 Å². The second kappa shape index (κ2) is 7.63. The standard InChI is InChI=1S/C18H20BrF3N4O/c1-12-4-3-5-13(10-12)11-25-6-8-26(9-7-25)17(27)15-14(19)16(18(20,21)22)23-24(15)2/h3-5,10H,6-9,11H2,1-2H3. The maximum absolute atomic E-state index is 13.0. The smallest absolute Gasteiger partial charge is 0.335 e. The predicted octanol–water partition coefficient (Wildman–Crippen LogP) is 3.47. The molecule has 0 N–H and O–H groups in total. The number of piperazine rings is 1. The lowest BCUT2D eigenvalue weighted by atomic mass is 10.1. The van der Waals surface area contributed by atoms with Crippen LogP contribution in [0.15, 0.2) is 28.7 Å². The number of rotatable bonds is 3. The van der Waals surface area contributed by atoms with Gasteiger partial charge in [0.05, 0.1) is 4.47 Å². The van der Waals surface area contributed by atoms with Crippen LogP contribution in [0.4, 0.5) is 13.2 Å². The molecule has 2 aromatic rings. The Bertz CT molecular complexity index is 842. The summed E-state index contributed by atoms with van der Waals surface area (Å²) in [4.78, 5) is 16.6. The number of alkyl halides is 3. The summed E-state index contributed by atoms with van der Waals surface area (Å²) in [5.41, 5.74) is 1.25. The van der Waals surface area contributed by atoms with Crippen LogP contribution in [0, 0.1) is 6.92 Å². The highest BCUT2D eigenvalue weighted by Gasteiger charge is 2.40. The second-order valence-corrected chi connectivity index (χ2v) is 7.48. The van der Waals surface area contributed by atoms with E-state index in [-0.39, 0.29) is 10.2 Å². The van der Waals surface area contributed by atoms with E-state index in [2.05, 4.69) is 38.1 Å². The van der Waals surface area contributed by atoms with Gasteiger partial charge in [-0.05, 0) is 28.4 Å². The summed E-state index contributed by atoms with van der Waals surface area (Å²) >= 11 is 2.91. The zero-order valence-corrected chi connectivity index (χ0v) is 16.6. The number of hydrogen-bond acceptors (Lipinski definition) is 3. The molecule has 1 amide bonds. The molecular weight excluding hydrogens is 425 g/mol. The molecule has 5 nitrogen and oxygen atoms in total. The van der Waals surface area contributed by atoms with Crippen molar-refractivity contribution in [2.45, 2.75) is 19.6 Å². The Hall–Kier alpha value is -1.87. The van der Waals surface area contributed by atoms with Crippen molar-refractivity contribution in [3.63, 3.8) is 0 Å². The molecule has 0 bridgehead atoms. The average molecular weight is 445 g/mol. The first-order chi connectivity index (χ1) is 12.7. The van der Waals surface area contributed by atoms with Crippen LogP contribution in [-0.4, -0.2) is 51.7 Å². The zero-order valence-electron chi connectivity index (χ0n) is 15.1. The number of hydrogen-bond donors (Lipinski definition) is 0. The Balaban J connectivity index is 1.66. The van der Waals surface area contributed by atoms with Crippen LogP contribution in [-0.2, 0) is 19.8 Å². The third-order valence-electron chi connectivity index (χ3n) is 4.61. The molecule has 146 valence electrons. The fourth-order valence-corrected chi connectivity index (χ4v) is 3.97. The molecule has 0 aliphatic carbocycles. The van der Waals surface area contributed by atoms with E-state index >= 15 is 0 Å². The molecule has 0 atom stereocenters. The van der Waals surface area contributed by atoms with Gasteiger partial charge in [0.25, 0.3) is 5.91 Å². The van der Waals surface area contributed by atoms with E-state index in [1.54, 1.807) is 4.90 Å². The molecule has 2 heterocycles. The van der Waals surface area contributed by atoms with Crippen LogP contribution in [0.25, 0.3) is 0 Å². The summed E-state index contributed by atoms with van der Waals surface area (Å²) < 4.78 is 39.7. The third-order valence-corrected chi connectivity index (χ3v) is 5.36. The lowest BCUT2D eigenvalue weighted by molar-refractivity contribution is -0.142. The lowest BCUT2D eigenvalue weighted by Gasteiger charge is -2.34. The van der Waals surface area contributed by atoms with Crippen molar-refractivity contribution in [2.75, 3.05) is 26.2 Å². The van der Waals surface area contributed by atoms with E-state index in [0.717, 1.165) is 11.2 Å². The van der Waals surface area contributed by atoms with E-state index in [0.29, 0.717) is 26.2 Å². The van der Waals surface area contributed by atoms with Crippen LogP contribution < -0.4 is 0 Å². The van der Waals surface area contributed by atoms with Gasteiger partial charge in [-0.1, -0.05) is 29.8 Å². The molecule has 1 saturated heterocycles. The minimum absolute atomic E-state index is 0.0746. The normalized spacial score (nSPS) is 16.0. The van der Waals surface area contributed by atoms with Crippen LogP contribution in [0.5, 0.6) is 0 Å². The van der Waals surface area contributed by atoms with Crippen LogP contribution in [0.3, 0.4) is 0 Å². The number of carbonyl (C=O) groups excluding carboxylic acids is 1. The maximum atomic E-state index is 13.0. The van der Waals surface area contributed by atoms with E-state index < -0.39 is 17.8 Å². The highest BCUT2D eigenvalue weighted by Crippen LogP contribution is 2.36. The van der Waals surface area contributed by atoms with Gasteiger partial charge in [0.15, 0.2) is 5.69 Å². The van der Waals surface area contributed by atoms with Crippen molar-refractivity contribution in [3.8, 4) is 0 Å². The fraction of sp³-hybridized carbons (Fsp3) is 0.444. The Morgan fingerprint density at radius 3 is 2.44 bits per heavy atom. The largest absolute Gasteiger partial charge is 0.436 e. The lowest BCUT2D eigenvalue weighted by Crippen LogP contribution is -2.48. The Kier molecular flexibility index (Phi) is 5.62. The van der Waals surface area contributed by atoms with Crippen molar-refractivity contribution < 1.29 is 18.0 Å². The summed E-state index contributed by atoms with van der Waals surface area (Å²) in [5, 5.41) is 3.46. The van der Waals surface area contributed by atoms with Gasteiger partial charge in [-0.2, -0.15) is 18.3 Å². The van der Waals surface area contributed by atoms with Gasteiger partial charge < -0.3 is 4.90 Å². The molecule has 1 aromatic heterocycles. The summed E-state index contributed by atoms with van der Waals surface area (Å²) in [7, 11) is 1.35. The molecule has 9 heteroatoms. The van der Waals surface area contributed by atoms with Crippen LogP contribution in [0.2, 0.25) is 0 Å². The molecule has 1 fully saturated rings. The Labute approximate surface area is 163 Å². The molecule has 1 aliphatic rings. The number of nitrogens with zero attached hydrogens (tertiary/aromatic N) is 4. The average Bonchev–Trinajstić information content (AvgIpc) is 2.90. The highest BCUT2D eigenvalue weighted by atomic mass is 79.9. The number of aryl methyl sites for hydroxylation is 2. The van der Waals surface area contributed by atoms with E-state index in [9.17, 15) is 18.0 Å². The Morgan fingerprint density at radius 2 is 1.89 bits per heavy atom. The van der Waals surface area contributed by atoms with Gasteiger partial charge in [0.1, 0.15) is 5.69 Å². The minimum atomic E-state index is -4.61. The van der Waals surface area contributed by atoms with Crippen LogP contribution in [0.1, 0.15) is 27.3 Å². The summed E-state index contributed by atoms with van der Waals surface area (Å²) in [5.74, 6) is -0.442. The van der Waals surface area contributed by atoms with Crippen molar-refractivity contribution >= 4 is 21.8 Å². The Morgan fingerprint density at radius 1 is 1.22 bits per heavy atom. The second-order valence-electron chi connectivity index (χ2n) is 6.69. The molecule has 0 spiro atoms. The molecule has 0 unspecified atom stereocenters. The third kappa shape index (κ3) is 4.35. The van der Waals surface area contributed by atoms with Crippen molar-refractivity contribution in [1.29, 1.82) is 0 Å².